The SMILES string of the molecule is COc1cc(Nc2nc(-c3ccc4c(c3)CC=C4)cn3ccnc23)ccc1N1CCOCC1. The molecule has 1 N–H and O–H groups in total. The van der Waals surface area contributed by atoms with E-state index in [2.05, 4.69) is 57.7 Å². The van der Waals surface area contributed by atoms with E-state index in [1.807, 2.05) is 22.9 Å². The van der Waals surface area contributed by atoms with E-state index in [0.29, 0.717) is 5.82 Å². The first-order valence-corrected chi connectivity index (χ1v) is 11.2. The number of fused-ring (bicyclic) bond motifs is 2. The fraction of sp³-hybridized carbons (Fsp3) is 0.231. The summed E-state index contributed by atoms with van der Waals surface area (Å²) in [5.41, 5.74) is 7.36. The summed E-state index contributed by atoms with van der Waals surface area (Å²) in [7, 11) is 1.71. The van der Waals surface area contributed by atoms with Crippen molar-refractivity contribution in [3.05, 3.63) is 72.2 Å². The molecule has 0 atom stereocenters. The highest BCUT2D eigenvalue weighted by molar-refractivity contribution is 5.76. The number of hydrogen-bond donors (Lipinski definition) is 1. The number of nitrogens with one attached hydrogen (secondary N) is 1. The monoisotopic (exact) mass is 439 g/mol. The quantitative estimate of drug-likeness (QED) is 0.492. The molecule has 1 saturated heterocycles. The van der Waals surface area contributed by atoms with E-state index in [1.54, 1.807) is 13.3 Å². The molecule has 7 heteroatoms. The Morgan fingerprint density at radius 2 is 2.00 bits per heavy atom. The number of morpholine rings is 1. The summed E-state index contributed by atoms with van der Waals surface area (Å²) in [6.45, 7) is 3.18. The van der Waals surface area contributed by atoms with Gasteiger partial charge in [0.15, 0.2) is 11.5 Å². The first kappa shape index (κ1) is 19.8. The van der Waals surface area contributed by atoms with Crippen LogP contribution in [0.2, 0.25) is 0 Å². The van der Waals surface area contributed by atoms with Gasteiger partial charge < -0.3 is 24.1 Å². The van der Waals surface area contributed by atoms with Crippen LogP contribution in [0.3, 0.4) is 0 Å². The van der Waals surface area contributed by atoms with Gasteiger partial charge in [0.1, 0.15) is 5.75 Å². The van der Waals surface area contributed by atoms with Crippen LogP contribution in [-0.2, 0) is 11.2 Å². The average Bonchev–Trinajstić information content (AvgIpc) is 3.53. The molecule has 1 fully saturated rings. The topological polar surface area (TPSA) is 63.9 Å². The number of imidazole rings is 1. The number of nitrogens with zero attached hydrogens (tertiary/aromatic N) is 4. The number of benzene rings is 2. The number of hydrogen-bond acceptors (Lipinski definition) is 6. The number of ether oxygens (including phenoxy) is 2. The van der Waals surface area contributed by atoms with Crippen LogP contribution in [-0.4, -0.2) is 47.8 Å². The Bertz CT molecular complexity index is 1350. The minimum absolute atomic E-state index is 0.706. The van der Waals surface area contributed by atoms with Crippen molar-refractivity contribution in [3.8, 4) is 17.0 Å². The standard InChI is InChI=1S/C26H25N5O2/c1-32-24-16-21(7-8-23(24)30-11-13-33-14-12-30)28-25-26-27-9-10-31(26)17-22(29-25)20-6-5-18-3-2-4-19(18)15-20/h2-3,5-10,15-17H,4,11-14H2,1H3,(H,28,29). The number of rotatable bonds is 5. The maximum absolute atomic E-state index is 5.72. The van der Waals surface area contributed by atoms with Gasteiger partial charge in [-0.25, -0.2) is 9.97 Å². The van der Waals surface area contributed by atoms with Crippen LogP contribution in [0.4, 0.5) is 17.2 Å². The van der Waals surface area contributed by atoms with Gasteiger partial charge in [0, 0.05) is 49.0 Å². The predicted octanol–water partition coefficient (Wildman–Crippen LogP) is 4.55. The van der Waals surface area contributed by atoms with Gasteiger partial charge in [0.05, 0.1) is 31.7 Å². The third-order valence-electron chi connectivity index (χ3n) is 6.24. The summed E-state index contributed by atoms with van der Waals surface area (Å²) in [5, 5.41) is 3.47. The van der Waals surface area contributed by atoms with Crippen LogP contribution < -0.4 is 15.0 Å². The van der Waals surface area contributed by atoms with E-state index in [-0.39, 0.29) is 0 Å². The molecule has 0 amide bonds. The lowest BCUT2D eigenvalue weighted by Crippen LogP contribution is -2.36. The van der Waals surface area contributed by atoms with Gasteiger partial charge in [0.2, 0.25) is 0 Å². The number of anilines is 3. The summed E-state index contributed by atoms with van der Waals surface area (Å²) in [6, 6.07) is 12.7. The largest absolute Gasteiger partial charge is 0.495 e. The molecule has 6 rings (SSSR count). The van der Waals surface area contributed by atoms with Crippen LogP contribution >= 0.6 is 0 Å². The molecule has 2 aliphatic rings. The molecule has 33 heavy (non-hydrogen) atoms. The third kappa shape index (κ3) is 3.70. The summed E-state index contributed by atoms with van der Waals surface area (Å²) in [5.74, 6) is 1.53. The Labute approximate surface area is 192 Å². The van der Waals surface area contributed by atoms with Crippen LogP contribution in [0, 0.1) is 0 Å². The first-order valence-electron chi connectivity index (χ1n) is 11.2. The van der Waals surface area contributed by atoms with Gasteiger partial charge in [-0.15, -0.1) is 0 Å². The molecule has 1 aliphatic carbocycles. The van der Waals surface area contributed by atoms with E-state index in [4.69, 9.17) is 14.5 Å². The van der Waals surface area contributed by atoms with Crippen molar-refractivity contribution in [3.63, 3.8) is 0 Å². The minimum Gasteiger partial charge on any atom is -0.495 e. The van der Waals surface area contributed by atoms with E-state index >= 15 is 0 Å². The maximum Gasteiger partial charge on any atom is 0.180 e. The molecule has 3 heterocycles. The first-order chi connectivity index (χ1) is 16.3. The Morgan fingerprint density at radius 3 is 2.88 bits per heavy atom. The minimum atomic E-state index is 0.706. The van der Waals surface area contributed by atoms with E-state index in [0.717, 1.165) is 66.8 Å². The van der Waals surface area contributed by atoms with Crippen molar-refractivity contribution < 1.29 is 9.47 Å². The van der Waals surface area contributed by atoms with Crippen molar-refractivity contribution >= 4 is 28.9 Å². The molecule has 2 aromatic heterocycles. The van der Waals surface area contributed by atoms with Crippen molar-refractivity contribution in [2.24, 2.45) is 0 Å². The van der Waals surface area contributed by atoms with Gasteiger partial charge in [-0.3, -0.25) is 0 Å². The van der Waals surface area contributed by atoms with Crippen molar-refractivity contribution in [2.45, 2.75) is 6.42 Å². The van der Waals surface area contributed by atoms with Gasteiger partial charge in [-0.1, -0.05) is 24.3 Å². The second-order valence-electron chi connectivity index (χ2n) is 8.26. The highest BCUT2D eigenvalue weighted by Crippen LogP contribution is 2.34. The van der Waals surface area contributed by atoms with E-state index in [1.165, 1.54) is 11.1 Å². The lowest BCUT2D eigenvalue weighted by Gasteiger charge is -2.30. The molecular weight excluding hydrogens is 414 g/mol. The highest BCUT2D eigenvalue weighted by Gasteiger charge is 2.17. The van der Waals surface area contributed by atoms with Crippen molar-refractivity contribution in [1.29, 1.82) is 0 Å². The van der Waals surface area contributed by atoms with E-state index in [9.17, 15) is 0 Å². The lowest BCUT2D eigenvalue weighted by atomic mass is 10.0. The molecular formula is C26H25N5O2. The molecule has 0 unspecified atom stereocenters. The highest BCUT2D eigenvalue weighted by atomic mass is 16.5. The summed E-state index contributed by atoms with van der Waals surface area (Å²) in [6.07, 6.45) is 11.1. The van der Waals surface area contributed by atoms with Gasteiger partial charge in [0.25, 0.3) is 0 Å². The molecule has 0 saturated carbocycles. The average molecular weight is 440 g/mol. The summed E-state index contributed by atoms with van der Waals surface area (Å²) >= 11 is 0. The molecule has 0 spiro atoms. The molecule has 7 nitrogen and oxygen atoms in total. The Kier molecular flexibility index (Phi) is 4.96. The maximum atomic E-state index is 5.72. The van der Waals surface area contributed by atoms with Crippen LogP contribution in [0.25, 0.3) is 23.0 Å². The fourth-order valence-corrected chi connectivity index (χ4v) is 4.53. The lowest BCUT2D eigenvalue weighted by molar-refractivity contribution is 0.122. The molecule has 2 aromatic carbocycles. The Hall–Kier alpha value is -3.84. The molecule has 166 valence electrons. The van der Waals surface area contributed by atoms with Crippen molar-refractivity contribution in [1.82, 2.24) is 14.4 Å². The van der Waals surface area contributed by atoms with Gasteiger partial charge in [-0.05, 0) is 35.7 Å². The smallest absolute Gasteiger partial charge is 0.180 e. The third-order valence-corrected chi connectivity index (χ3v) is 6.24. The molecule has 4 aromatic rings. The summed E-state index contributed by atoms with van der Waals surface area (Å²) in [4.78, 5) is 11.8. The zero-order valence-electron chi connectivity index (χ0n) is 18.5. The van der Waals surface area contributed by atoms with Crippen LogP contribution in [0.5, 0.6) is 5.75 Å². The Morgan fingerprint density at radius 1 is 1.09 bits per heavy atom. The second kappa shape index (κ2) is 8.26. The number of allylic oxidation sites excluding steroid dienone is 1. The van der Waals surface area contributed by atoms with Gasteiger partial charge in [-0.2, -0.15) is 0 Å². The van der Waals surface area contributed by atoms with Crippen LogP contribution in [0.1, 0.15) is 11.1 Å². The number of aromatic nitrogens is 3. The number of methoxy groups -OCH3 is 1. The second-order valence-corrected chi connectivity index (χ2v) is 8.26. The Balaban J connectivity index is 1.35. The van der Waals surface area contributed by atoms with Crippen LogP contribution in [0.15, 0.2) is 61.1 Å². The fourth-order valence-electron chi connectivity index (χ4n) is 4.53. The zero-order chi connectivity index (χ0) is 22.2. The van der Waals surface area contributed by atoms with Gasteiger partial charge >= 0.3 is 0 Å². The van der Waals surface area contributed by atoms with E-state index < -0.39 is 0 Å². The predicted molar refractivity (Wildman–Crippen MR) is 130 cm³/mol. The summed E-state index contributed by atoms with van der Waals surface area (Å²) < 4.78 is 13.2. The van der Waals surface area contributed by atoms with Crippen molar-refractivity contribution in [2.75, 3.05) is 43.6 Å². The normalized spacial score (nSPS) is 15.1. The molecule has 0 bridgehead atoms. The molecule has 1 aliphatic heterocycles. The zero-order valence-corrected chi connectivity index (χ0v) is 18.5. The molecule has 0 radical (unpaired) electrons.